The predicted octanol–water partition coefficient (Wildman–Crippen LogP) is 3.62. The fraction of sp³-hybridized carbons (Fsp3) is 0.394. The number of benzene rings is 2. The maximum Gasteiger partial charge on any atom is 0.272 e. The lowest BCUT2D eigenvalue weighted by molar-refractivity contribution is 0.0645. The van der Waals surface area contributed by atoms with Crippen molar-refractivity contribution in [2.45, 2.75) is 43.2 Å². The number of amides is 2. The van der Waals surface area contributed by atoms with E-state index < -0.39 is 9.84 Å². The van der Waals surface area contributed by atoms with Gasteiger partial charge in [-0.3, -0.25) is 24.3 Å². The standard InChI is InChI=1S/C33H38N4O6S/c1-43-28-8-5-24(6-9-28)31(38)25-13-19-37(20-14-25)33(40)30-12-7-26(21-34-30)32(39)35-27-15-17-36(18-16-27)22-23-3-10-29(11-4-23)44(2,41)42/h3-12,21,25,27H,13-20,22H2,1-2H3,(H,35,39). The van der Waals surface area contributed by atoms with Crippen LogP contribution < -0.4 is 10.1 Å². The zero-order chi connectivity index (χ0) is 31.3. The Morgan fingerprint density at radius 2 is 1.50 bits per heavy atom. The van der Waals surface area contributed by atoms with E-state index in [1.165, 1.54) is 12.5 Å². The average molecular weight is 619 g/mol. The van der Waals surface area contributed by atoms with E-state index in [1.807, 2.05) is 12.1 Å². The number of piperidine rings is 2. The Balaban J connectivity index is 1.06. The van der Waals surface area contributed by atoms with Crippen LogP contribution in [0.2, 0.25) is 0 Å². The summed E-state index contributed by atoms with van der Waals surface area (Å²) >= 11 is 0. The van der Waals surface area contributed by atoms with Crippen LogP contribution in [0.4, 0.5) is 0 Å². The van der Waals surface area contributed by atoms with Gasteiger partial charge < -0.3 is 15.0 Å². The summed E-state index contributed by atoms with van der Waals surface area (Å²) in [5, 5.41) is 3.08. The summed E-state index contributed by atoms with van der Waals surface area (Å²) in [6, 6.07) is 17.3. The van der Waals surface area contributed by atoms with Crippen molar-refractivity contribution >= 4 is 27.4 Å². The van der Waals surface area contributed by atoms with Crippen molar-refractivity contribution in [2.75, 3.05) is 39.5 Å². The largest absolute Gasteiger partial charge is 0.497 e. The number of pyridine rings is 1. The first-order valence-corrected chi connectivity index (χ1v) is 16.8. The normalized spacial score (nSPS) is 16.8. The monoisotopic (exact) mass is 618 g/mol. The first-order chi connectivity index (χ1) is 21.1. The SMILES string of the molecule is COc1ccc(C(=O)C2CCN(C(=O)c3ccc(C(=O)NC4CCN(Cc5ccc(S(C)(=O)=O)cc5)CC4)cn3)CC2)cc1. The van der Waals surface area contributed by atoms with E-state index in [1.54, 1.807) is 60.5 Å². The van der Waals surface area contributed by atoms with E-state index in [-0.39, 0.29) is 35.3 Å². The van der Waals surface area contributed by atoms with Crippen molar-refractivity contribution in [3.8, 4) is 5.75 Å². The Labute approximate surface area is 258 Å². The smallest absolute Gasteiger partial charge is 0.272 e. The van der Waals surface area contributed by atoms with E-state index >= 15 is 0 Å². The number of ketones is 1. The van der Waals surface area contributed by atoms with E-state index in [0.29, 0.717) is 47.7 Å². The molecule has 44 heavy (non-hydrogen) atoms. The summed E-state index contributed by atoms with van der Waals surface area (Å²) in [4.78, 5) is 47.5. The van der Waals surface area contributed by atoms with Crippen molar-refractivity contribution in [1.29, 1.82) is 0 Å². The highest BCUT2D eigenvalue weighted by atomic mass is 32.2. The number of nitrogens with one attached hydrogen (secondary N) is 1. The number of carbonyl (C=O) groups is 3. The van der Waals surface area contributed by atoms with Gasteiger partial charge in [-0.1, -0.05) is 12.1 Å². The molecule has 1 aromatic heterocycles. The molecule has 2 aliphatic rings. The molecule has 0 unspecified atom stereocenters. The highest BCUT2D eigenvalue weighted by Gasteiger charge is 2.29. The molecule has 5 rings (SSSR count). The van der Waals surface area contributed by atoms with Crippen LogP contribution in [0.15, 0.2) is 71.8 Å². The maximum absolute atomic E-state index is 13.1. The van der Waals surface area contributed by atoms with Crippen molar-refractivity contribution in [1.82, 2.24) is 20.1 Å². The minimum Gasteiger partial charge on any atom is -0.497 e. The third-order valence-electron chi connectivity index (χ3n) is 8.45. The summed E-state index contributed by atoms with van der Waals surface area (Å²) in [7, 11) is -1.63. The molecule has 2 amide bonds. The quantitative estimate of drug-likeness (QED) is 0.361. The summed E-state index contributed by atoms with van der Waals surface area (Å²) in [6.07, 6.45) is 5.42. The molecule has 0 spiro atoms. The number of likely N-dealkylation sites (tertiary alicyclic amines) is 2. The number of ether oxygens (including phenoxy) is 1. The molecule has 3 aromatic rings. The van der Waals surface area contributed by atoms with Crippen LogP contribution in [-0.2, 0) is 16.4 Å². The Bertz CT molecular complexity index is 1570. The topological polar surface area (TPSA) is 126 Å². The van der Waals surface area contributed by atoms with Gasteiger partial charge in [-0.2, -0.15) is 0 Å². The third kappa shape index (κ3) is 7.70. The average Bonchev–Trinajstić information content (AvgIpc) is 3.05. The van der Waals surface area contributed by atoms with Crippen molar-refractivity contribution in [2.24, 2.45) is 5.92 Å². The van der Waals surface area contributed by atoms with E-state index in [4.69, 9.17) is 4.74 Å². The van der Waals surface area contributed by atoms with Gasteiger partial charge in [-0.25, -0.2) is 8.42 Å². The minimum absolute atomic E-state index is 0.0367. The molecule has 3 heterocycles. The van der Waals surface area contributed by atoms with Crippen LogP contribution in [-0.4, -0.2) is 86.4 Å². The van der Waals surface area contributed by atoms with Gasteiger partial charge in [0, 0.05) is 62.7 Å². The second kappa shape index (κ2) is 13.7. The van der Waals surface area contributed by atoms with Crippen molar-refractivity contribution < 1.29 is 27.5 Å². The van der Waals surface area contributed by atoms with E-state index in [0.717, 1.165) is 38.0 Å². The highest BCUT2D eigenvalue weighted by Crippen LogP contribution is 2.24. The van der Waals surface area contributed by atoms with Gasteiger partial charge in [-0.05, 0) is 79.8 Å². The van der Waals surface area contributed by atoms with Crippen LogP contribution in [0, 0.1) is 5.92 Å². The number of Topliss-reactive ketones (excluding diaryl/α,β-unsaturated/α-hetero) is 1. The first kappa shape index (κ1) is 31.3. The third-order valence-corrected chi connectivity index (χ3v) is 9.58. The van der Waals surface area contributed by atoms with Crippen molar-refractivity contribution in [3.63, 3.8) is 0 Å². The van der Waals surface area contributed by atoms with Gasteiger partial charge in [0.25, 0.3) is 11.8 Å². The molecule has 0 atom stereocenters. The fourth-order valence-corrected chi connectivity index (χ4v) is 6.39. The van der Waals surface area contributed by atoms with Crippen LogP contribution >= 0.6 is 0 Å². The number of carbonyl (C=O) groups excluding carboxylic acids is 3. The second-order valence-corrected chi connectivity index (χ2v) is 13.5. The van der Waals surface area contributed by atoms with Crippen LogP contribution in [0.1, 0.15) is 62.5 Å². The molecule has 11 heteroatoms. The Kier molecular flexibility index (Phi) is 9.75. The zero-order valence-corrected chi connectivity index (χ0v) is 25.9. The molecule has 2 fully saturated rings. The molecule has 1 N–H and O–H groups in total. The molecule has 2 aromatic carbocycles. The van der Waals surface area contributed by atoms with Crippen LogP contribution in [0.5, 0.6) is 5.75 Å². The second-order valence-electron chi connectivity index (χ2n) is 11.5. The molecular formula is C33H38N4O6S. The van der Waals surface area contributed by atoms with Gasteiger partial charge in [0.2, 0.25) is 0 Å². The zero-order valence-electron chi connectivity index (χ0n) is 25.1. The number of hydrogen-bond donors (Lipinski definition) is 1. The molecular weight excluding hydrogens is 580 g/mol. The number of aromatic nitrogens is 1. The summed E-state index contributed by atoms with van der Waals surface area (Å²) in [6.45, 7) is 3.29. The molecule has 0 aliphatic carbocycles. The molecule has 0 saturated carbocycles. The number of rotatable bonds is 9. The highest BCUT2D eigenvalue weighted by molar-refractivity contribution is 7.90. The fourth-order valence-electron chi connectivity index (χ4n) is 5.76. The van der Waals surface area contributed by atoms with Gasteiger partial charge in [0.1, 0.15) is 11.4 Å². The molecule has 0 radical (unpaired) electrons. The number of sulfone groups is 1. The molecule has 2 aliphatic heterocycles. The van der Waals surface area contributed by atoms with Crippen LogP contribution in [0.3, 0.4) is 0 Å². The van der Waals surface area contributed by atoms with Crippen LogP contribution in [0.25, 0.3) is 0 Å². The molecule has 10 nitrogen and oxygen atoms in total. The van der Waals surface area contributed by atoms with Gasteiger partial charge >= 0.3 is 0 Å². The maximum atomic E-state index is 13.1. The lowest BCUT2D eigenvalue weighted by atomic mass is 9.88. The molecule has 0 bridgehead atoms. The van der Waals surface area contributed by atoms with Crippen molar-refractivity contribution in [3.05, 3.63) is 89.2 Å². The lowest BCUT2D eigenvalue weighted by Gasteiger charge is -2.32. The van der Waals surface area contributed by atoms with Gasteiger partial charge in [0.05, 0.1) is 17.6 Å². The molecule has 2 saturated heterocycles. The first-order valence-electron chi connectivity index (χ1n) is 14.9. The summed E-state index contributed by atoms with van der Waals surface area (Å²) in [5.74, 6) is 0.232. The lowest BCUT2D eigenvalue weighted by Crippen LogP contribution is -2.44. The minimum atomic E-state index is -3.21. The van der Waals surface area contributed by atoms with Gasteiger partial charge in [-0.15, -0.1) is 0 Å². The van der Waals surface area contributed by atoms with E-state index in [9.17, 15) is 22.8 Å². The number of methoxy groups -OCH3 is 1. The Morgan fingerprint density at radius 1 is 0.864 bits per heavy atom. The number of nitrogens with zero attached hydrogens (tertiary/aromatic N) is 3. The Hall–Kier alpha value is -4.09. The number of hydrogen-bond acceptors (Lipinski definition) is 8. The Morgan fingerprint density at radius 3 is 2.07 bits per heavy atom. The molecule has 232 valence electrons. The summed E-state index contributed by atoms with van der Waals surface area (Å²) < 4.78 is 28.5. The van der Waals surface area contributed by atoms with E-state index in [2.05, 4.69) is 15.2 Å². The van der Waals surface area contributed by atoms with Gasteiger partial charge in [0.15, 0.2) is 15.6 Å². The predicted molar refractivity (Wildman–Crippen MR) is 166 cm³/mol. The summed E-state index contributed by atoms with van der Waals surface area (Å²) in [5.41, 5.74) is 2.38.